The van der Waals surface area contributed by atoms with Crippen molar-refractivity contribution >= 4 is 28.8 Å². The summed E-state index contributed by atoms with van der Waals surface area (Å²) >= 11 is 2.93. The molecule has 2 aromatic rings. The van der Waals surface area contributed by atoms with Crippen molar-refractivity contribution < 1.29 is 4.39 Å². The Hall–Kier alpha value is -1.07. The first-order chi connectivity index (χ1) is 6.74. The molecule has 2 rings (SSSR count). The van der Waals surface area contributed by atoms with Crippen molar-refractivity contribution in [3.63, 3.8) is 0 Å². The monoisotopic (exact) mass is 226 g/mol. The number of thiazole rings is 1. The zero-order valence-corrected chi connectivity index (χ0v) is 8.74. The number of hydrogen-bond donors (Lipinski definition) is 1. The van der Waals surface area contributed by atoms with Crippen LogP contribution in [0.5, 0.6) is 0 Å². The first-order valence-electron chi connectivity index (χ1n) is 3.87. The van der Waals surface area contributed by atoms with Crippen molar-refractivity contribution in [2.75, 3.05) is 5.73 Å². The average Bonchev–Trinajstić information content (AvgIpc) is 2.54. The molecule has 0 fully saturated rings. The largest absolute Gasteiger partial charge is 0.399 e. The van der Waals surface area contributed by atoms with Gasteiger partial charge in [0.05, 0.1) is 0 Å². The normalized spacial score (nSPS) is 10.4. The maximum Gasteiger partial charge on any atom is 0.154 e. The van der Waals surface area contributed by atoms with Gasteiger partial charge in [0.25, 0.3) is 0 Å². The first-order valence-corrected chi connectivity index (χ1v) is 5.57. The molecule has 0 unspecified atom stereocenters. The second-order valence-electron chi connectivity index (χ2n) is 2.62. The third-order valence-corrected chi connectivity index (χ3v) is 3.36. The Bertz CT molecular complexity index is 408. The van der Waals surface area contributed by atoms with E-state index < -0.39 is 0 Å². The topological polar surface area (TPSA) is 38.9 Å². The summed E-state index contributed by atoms with van der Waals surface area (Å²) in [7, 11) is 0. The van der Waals surface area contributed by atoms with Crippen molar-refractivity contribution in [1.29, 1.82) is 0 Å². The molecule has 0 atom stereocenters. The van der Waals surface area contributed by atoms with Gasteiger partial charge in [-0.3, -0.25) is 0 Å². The smallest absolute Gasteiger partial charge is 0.154 e. The van der Waals surface area contributed by atoms with Gasteiger partial charge < -0.3 is 5.73 Å². The zero-order valence-electron chi connectivity index (χ0n) is 7.11. The minimum Gasteiger partial charge on any atom is -0.399 e. The summed E-state index contributed by atoms with van der Waals surface area (Å²) in [6.45, 7) is 0. The molecule has 0 bridgehead atoms. The highest BCUT2D eigenvalue weighted by Crippen LogP contribution is 2.30. The maximum absolute atomic E-state index is 12.9. The number of halogens is 1. The number of rotatable bonds is 2. The van der Waals surface area contributed by atoms with Gasteiger partial charge in [0.15, 0.2) is 4.34 Å². The summed E-state index contributed by atoms with van der Waals surface area (Å²) in [5.74, 6) is -0.316. The zero-order chi connectivity index (χ0) is 9.97. The van der Waals surface area contributed by atoms with Gasteiger partial charge in [-0.25, -0.2) is 9.37 Å². The van der Waals surface area contributed by atoms with Gasteiger partial charge in [0.2, 0.25) is 0 Å². The number of anilines is 1. The van der Waals surface area contributed by atoms with E-state index in [0.717, 1.165) is 9.24 Å². The molecule has 0 amide bonds. The molecule has 5 heteroatoms. The lowest BCUT2D eigenvalue weighted by molar-refractivity contribution is 0.625. The van der Waals surface area contributed by atoms with Crippen LogP contribution in [-0.2, 0) is 0 Å². The lowest BCUT2D eigenvalue weighted by Gasteiger charge is -1.99. The fourth-order valence-corrected chi connectivity index (χ4v) is 2.69. The fourth-order valence-electron chi connectivity index (χ4n) is 1.00. The van der Waals surface area contributed by atoms with E-state index in [1.54, 1.807) is 12.3 Å². The molecule has 14 heavy (non-hydrogen) atoms. The molecule has 0 saturated heterocycles. The molecule has 0 aliphatic rings. The Morgan fingerprint density at radius 3 is 2.86 bits per heavy atom. The molecule has 0 radical (unpaired) electrons. The van der Waals surface area contributed by atoms with E-state index in [4.69, 9.17) is 5.73 Å². The summed E-state index contributed by atoms with van der Waals surface area (Å²) in [6, 6.07) is 4.48. The van der Waals surface area contributed by atoms with Crippen LogP contribution in [0.4, 0.5) is 10.1 Å². The quantitative estimate of drug-likeness (QED) is 0.800. The average molecular weight is 226 g/mol. The van der Waals surface area contributed by atoms with Crippen LogP contribution >= 0.6 is 23.1 Å². The van der Waals surface area contributed by atoms with E-state index in [1.807, 2.05) is 5.38 Å². The van der Waals surface area contributed by atoms with Crippen molar-refractivity contribution in [2.24, 2.45) is 0 Å². The number of nitrogen functional groups attached to an aromatic ring is 1. The second kappa shape index (κ2) is 3.98. The number of nitrogens with zero attached hydrogens (tertiary/aromatic N) is 1. The van der Waals surface area contributed by atoms with Gasteiger partial charge in [0.1, 0.15) is 5.82 Å². The van der Waals surface area contributed by atoms with Crippen molar-refractivity contribution in [1.82, 2.24) is 4.98 Å². The van der Waals surface area contributed by atoms with E-state index in [2.05, 4.69) is 4.98 Å². The Morgan fingerprint density at radius 2 is 2.21 bits per heavy atom. The van der Waals surface area contributed by atoms with Gasteiger partial charge in [-0.2, -0.15) is 0 Å². The van der Waals surface area contributed by atoms with Crippen LogP contribution in [0.15, 0.2) is 39.0 Å². The van der Waals surface area contributed by atoms with Crippen molar-refractivity contribution in [3.8, 4) is 0 Å². The van der Waals surface area contributed by atoms with Gasteiger partial charge in [-0.15, -0.1) is 11.3 Å². The molecule has 0 saturated carbocycles. The SMILES string of the molecule is Nc1cc(F)cc(Sc2nccs2)c1. The lowest BCUT2D eigenvalue weighted by atomic mass is 10.3. The van der Waals surface area contributed by atoms with Gasteiger partial charge in [-0.1, -0.05) is 11.8 Å². The fraction of sp³-hybridized carbons (Fsp3) is 0. The Balaban J connectivity index is 2.25. The summed E-state index contributed by atoms with van der Waals surface area (Å²) < 4.78 is 13.8. The first kappa shape index (κ1) is 9.48. The highest BCUT2D eigenvalue weighted by Gasteiger charge is 2.02. The second-order valence-corrected chi connectivity index (χ2v) is 4.84. The molecular formula is C9H7FN2S2. The van der Waals surface area contributed by atoms with Crippen LogP contribution < -0.4 is 5.73 Å². The van der Waals surface area contributed by atoms with E-state index in [9.17, 15) is 4.39 Å². The molecule has 0 spiro atoms. The highest BCUT2D eigenvalue weighted by atomic mass is 32.2. The Labute approximate surface area is 89.0 Å². The summed E-state index contributed by atoms with van der Waals surface area (Å²) in [4.78, 5) is 4.86. The molecule has 1 aromatic heterocycles. The molecule has 1 heterocycles. The summed E-state index contributed by atoms with van der Waals surface area (Å²) in [5.41, 5.74) is 5.95. The molecule has 2 nitrogen and oxygen atoms in total. The molecule has 0 aliphatic carbocycles. The molecular weight excluding hydrogens is 219 g/mol. The molecule has 2 N–H and O–H groups in total. The summed E-state index contributed by atoms with van der Waals surface area (Å²) in [5, 5.41) is 1.88. The van der Waals surface area contributed by atoms with Crippen LogP contribution in [0.1, 0.15) is 0 Å². The molecule has 0 aliphatic heterocycles. The van der Waals surface area contributed by atoms with Gasteiger partial charge in [-0.05, 0) is 18.2 Å². The minimum absolute atomic E-state index is 0.316. The van der Waals surface area contributed by atoms with Crippen molar-refractivity contribution in [2.45, 2.75) is 9.24 Å². The maximum atomic E-state index is 12.9. The highest BCUT2D eigenvalue weighted by molar-refractivity contribution is 8.01. The van der Waals surface area contributed by atoms with E-state index in [1.165, 1.54) is 35.2 Å². The number of benzene rings is 1. The van der Waals surface area contributed by atoms with Crippen LogP contribution in [0.3, 0.4) is 0 Å². The van der Waals surface area contributed by atoms with E-state index in [-0.39, 0.29) is 5.82 Å². The Morgan fingerprint density at radius 1 is 1.36 bits per heavy atom. The van der Waals surface area contributed by atoms with Crippen LogP contribution in [0, 0.1) is 5.82 Å². The Kier molecular flexibility index (Phi) is 2.69. The third kappa shape index (κ3) is 2.24. The predicted octanol–water partition coefficient (Wildman–Crippen LogP) is 3.02. The molecule has 1 aromatic carbocycles. The van der Waals surface area contributed by atoms with Crippen LogP contribution in [0.2, 0.25) is 0 Å². The summed E-state index contributed by atoms with van der Waals surface area (Å²) in [6.07, 6.45) is 1.72. The molecule has 72 valence electrons. The third-order valence-electron chi connectivity index (χ3n) is 1.51. The standard InChI is InChI=1S/C9H7FN2S2/c10-6-3-7(11)5-8(4-6)14-9-12-1-2-13-9/h1-5H,11H2. The van der Waals surface area contributed by atoms with Crippen LogP contribution in [-0.4, -0.2) is 4.98 Å². The number of nitrogens with two attached hydrogens (primary N) is 1. The number of aromatic nitrogens is 1. The van der Waals surface area contributed by atoms with E-state index >= 15 is 0 Å². The van der Waals surface area contributed by atoms with E-state index in [0.29, 0.717) is 5.69 Å². The van der Waals surface area contributed by atoms with Crippen molar-refractivity contribution in [3.05, 3.63) is 35.6 Å². The lowest BCUT2D eigenvalue weighted by Crippen LogP contribution is -1.86. The van der Waals surface area contributed by atoms with Gasteiger partial charge in [0, 0.05) is 22.2 Å². The van der Waals surface area contributed by atoms with Gasteiger partial charge >= 0.3 is 0 Å². The minimum atomic E-state index is -0.316. The predicted molar refractivity (Wildman–Crippen MR) is 57.0 cm³/mol. The van der Waals surface area contributed by atoms with Crippen LogP contribution in [0.25, 0.3) is 0 Å². The number of hydrogen-bond acceptors (Lipinski definition) is 4.